The van der Waals surface area contributed by atoms with Gasteiger partial charge in [0.25, 0.3) is 0 Å². The number of hydrogen-bond donors (Lipinski definition) is 3. The number of carbonyl (C=O) groups excluding carboxylic acids is 1. The van der Waals surface area contributed by atoms with Crippen molar-refractivity contribution in [1.29, 1.82) is 0 Å². The second-order valence-electron chi connectivity index (χ2n) is 5.83. The van der Waals surface area contributed by atoms with Gasteiger partial charge in [-0.25, -0.2) is 0 Å². The lowest BCUT2D eigenvalue weighted by molar-refractivity contribution is -0.123. The Bertz CT molecular complexity index is 427. The van der Waals surface area contributed by atoms with Crippen molar-refractivity contribution in [3.8, 4) is 0 Å². The quantitative estimate of drug-likeness (QED) is 0.768. The molecule has 0 spiro atoms. The number of amides is 1. The summed E-state index contributed by atoms with van der Waals surface area (Å²) in [6.45, 7) is 0.235. The van der Waals surface area contributed by atoms with Crippen LogP contribution in [0.5, 0.6) is 0 Å². The molecule has 1 aliphatic carbocycles. The monoisotopic (exact) mass is 276 g/mol. The summed E-state index contributed by atoms with van der Waals surface area (Å²) in [4.78, 5) is 12.0. The van der Waals surface area contributed by atoms with E-state index in [9.17, 15) is 9.90 Å². The van der Waals surface area contributed by atoms with Gasteiger partial charge in [-0.1, -0.05) is 49.6 Å². The van der Waals surface area contributed by atoms with Crippen LogP contribution in [-0.2, 0) is 4.79 Å². The minimum absolute atomic E-state index is 0.0654. The third-order valence-corrected chi connectivity index (χ3v) is 4.04. The third-order valence-electron chi connectivity index (χ3n) is 4.04. The first kappa shape index (κ1) is 15.0. The van der Waals surface area contributed by atoms with Crippen LogP contribution in [0.15, 0.2) is 30.3 Å². The van der Waals surface area contributed by atoms with Gasteiger partial charge in [-0.05, 0) is 18.4 Å². The van der Waals surface area contributed by atoms with Gasteiger partial charge in [0.2, 0.25) is 5.91 Å². The van der Waals surface area contributed by atoms with Crippen molar-refractivity contribution < 1.29 is 9.90 Å². The lowest BCUT2D eigenvalue weighted by Gasteiger charge is -2.32. The van der Waals surface area contributed by atoms with Crippen LogP contribution in [0.2, 0.25) is 0 Å². The van der Waals surface area contributed by atoms with Gasteiger partial charge in [-0.2, -0.15) is 0 Å². The minimum Gasteiger partial charge on any atom is -0.387 e. The summed E-state index contributed by atoms with van der Waals surface area (Å²) in [7, 11) is 0. The van der Waals surface area contributed by atoms with Gasteiger partial charge in [0.15, 0.2) is 0 Å². The Morgan fingerprint density at radius 2 is 1.90 bits per heavy atom. The normalized spacial score (nSPS) is 19.3. The van der Waals surface area contributed by atoms with Gasteiger partial charge >= 0.3 is 0 Å². The van der Waals surface area contributed by atoms with Crippen LogP contribution < -0.4 is 11.1 Å². The molecule has 1 unspecified atom stereocenters. The molecular weight excluding hydrogens is 252 g/mol. The fourth-order valence-corrected chi connectivity index (χ4v) is 2.82. The molecule has 2 rings (SSSR count). The van der Waals surface area contributed by atoms with Gasteiger partial charge < -0.3 is 16.2 Å². The van der Waals surface area contributed by atoms with E-state index < -0.39 is 6.10 Å². The van der Waals surface area contributed by atoms with Gasteiger partial charge in [0, 0.05) is 18.5 Å². The van der Waals surface area contributed by atoms with Crippen molar-refractivity contribution in [2.45, 2.75) is 50.2 Å². The summed E-state index contributed by atoms with van der Waals surface area (Å²) in [5.74, 6) is -0.0654. The van der Waals surface area contributed by atoms with Crippen molar-refractivity contribution in [3.63, 3.8) is 0 Å². The smallest absolute Gasteiger partial charge is 0.221 e. The molecule has 0 bridgehead atoms. The Kier molecular flexibility index (Phi) is 5.15. The molecule has 1 saturated carbocycles. The summed E-state index contributed by atoms with van der Waals surface area (Å²) < 4.78 is 0. The zero-order chi connectivity index (χ0) is 14.4. The molecule has 110 valence electrons. The molecule has 1 amide bonds. The maximum absolute atomic E-state index is 12.0. The number of benzene rings is 1. The van der Waals surface area contributed by atoms with E-state index in [1.165, 1.54) is 6.42 Å². The molecule has 20 heavy (non-hydrogen) atoms. The molecule has 1 aliphatic rings. The topological polar surface area (TPSA) is 75.4 Å². The minimum atomic E-state index is -0.666. The highest BCUT2D eigenvalue weighted by Crippen LogP contribution is 2.28. The van der Waals surface area contributed by atoms with E-state index in [-0.39, 0.29) is 18.0 Å². The SMILES string of the molecule is NC1(CC(=O)NCC(O)c2ccccc2)CCCCC1. The number of hydrogen-bond acceptors (Lipinski definition) is 3. The highest BCUT2D eigenvalue weighted by molar-refractivity contribution is 5.77. The first-order valence-corrected chi connectivity index (χ1v) is 7.38. The van der Waals surface area contributed by atoms with Crippen molar-refractivity contribution in [2.24, 2.45) is 5.73 Å². The number of aliphatic hydroxyl groups excluding tert-OH is 1. The maximum atomic E-state index is 12.0. The summed E-state index contributed by atoms with van der Waals surface area (Å²) in [5.41, 5.74) is 6.72. The van der Waals surface area contributed by atoms with Crippen LogP contribution in [-0.4, -0.2) is 23.1 Å². The molecule has 0 aliphatic heterocycles. The Hall–Kier alpha value is -1.39. The average Bonchev–Trinajstić information content (AvgIpc) is 2.46. The van der Waals surface area contributed by atoms with Crippen molar-refractivity contribution in [1.82, 2.24) is 5.32 Å². The number of rotatable bonds is 5. The van der Waals surface area contributed by atoms with Crippen molar-refractivity contribution in [2.75, 3.05) is 6.54 Å². The molecule has 0 heterocycles. The zero-order valence-electron chi connectivity index (χ0n) is 11.8. The lowest BCUT2D eigenvalue weighted by atomic mass is 9.80. The second-order valence-corrected chi connectivity index (χ2v) is 5.83. The molecule has 0 aromatic heterocycles. The molecule has 4 heteroatoms. The van der Waals surface area contributed by atoms with Gasteiger partial charge in [0.05, 0.1) is 6.10 Å². The van der Waals surface area contributed by atoms with E-state index in [1.54, 1.807) is 0 Å². The summed E-state index contributed by atoms with van der Waals surface area (Å²) >= 11 is 0. The van der Waals surface area contributed by atoms with E-state index >= 15 is 0 Å². The first-order valence-electron chi connectivity index (χ1n) is 7.38. The highest BCUT2D eigenvalue weighted by Gasteiger charge is 2.29. The molecule has 1 aromatic carbocycles. The summed E-state index contributed by atoms with van der Waals surface area (Å²) in [6.07, 6.45) is 4.96. The Labute approximate surface area is 120 Å². The summed E-state index contributed by atoms with van der Waals surface area (Å²) in [5, 5.41) is 12.8. The van der Waals surface area contributed by atoms with E-state index in [1.807, 2.05) is 30.3 Å². The molecule has 0 radical (unpaired) electrons. The van der Waals surface area contributed by atoms with Crippen LogP contribution in [0, 0.1) is 0 Å². The molecule has 4 N–H and O–H groups in total. The lowest BCUT2D eigenvalue weighted by Crippen LogP contribution is -2.46. The average molecular weight is 276 g/mol. The molecular formula is C16H24N2O2. The van der Waals surface area contributed by atoms with Gasteiger partial charge in [0.1, 0.15) is 0 Å². The van der Waals surface area contributed by atoms with Crippen LogP contribution in [0.1, 0.15) is 50.2 Å². The van der Waals surface area contributed by atoms with E-state index in [4.69, 9.17) is 5.73 Å². The number of carbonyl (C=O) groups is 1. The fraction of sp³-hybridized carbons (Fsp3) is 0.562. The number of nitrogens with one attached hydrogen (secondary N) is 1. The standard InChI is InChI=1S/C16H24N2O2/c17-16(9-5-2-6-10-16)11-15(20)18-12-14(19)13-7-3-1-4-8-13/h1,3-4,7-8,14,19H,2,5-6,9-12,17H2,(H,18,20). The molecule has 4 nitrogen and oxygen atoms in total. The fourth-order valence-electron chi connectivity index (χ4n) is 2.82. The molecule has 0 saturated heterocycles. The molecule has 1 atom stereocenters. The van der Waals surface area contributed by atoms with Crippen molar-refractivity contribution in [3.05, 3.63) is 35.9 Å². The third kappa shape index (κ3) is 4.32. The number of nitrogens with two attached hydrogens (primary N) is 1. The Morgan fingerprint density at radius 3 is 2.55 bits per heavy atom. The van der Waals surface area contributed by atoms with Crippen molar-refractivity contribution >= 4 is 5.91 Å². The predicted octanol–water partition coefficient (Wildman–Crippen LogP) is 1.89. The van der Waals surface area contributed by atoms with E-state index in [0.717, 1.165) is 31.2 Å². The van der Waals surface area contributed by atoms with E-state index in [2.05, 4.69) is 5.32 Å². The molecule has 1 aromatic rings. The first-order chi connectivity index (χ1) is 9.59. The largest absolute Gasteiger partial charge is 0.387 e. The highest BCUT2D eigenvalue weighted by atomic mass is 16.3. The second kappa shape index (κ2) is 6.86. The Balaban J connectivity index is 1.77. The van der Waals surface area contributed by atoms with Crippen LogP contribution >= 0.6 is 0 Å². The van der Waals surface area contributed by atoms with Gasteiger partial charge in [-0.3, -0.25) is 4.79 Å². The Morgan fingerprint density at radius 1 is 1.25 bits per heavy atom. The summed E-state index contributed by atoms with van der Waals surface area (Å²) in [6, 6.07) is 9.34. The predicted molar refractivity (Wildman–Crippen MR) is 79.0 cm³/mol. The maximum Gasteiger partial charge on any atom is 0.221 e. The zero-order valence-corrected chi connectivity index (χ0v) is 11.8. The van der Waals surface area contributed by atoms with Gasteiger partial charge in [-0.15, -0.1) is 0 Å². The molecule has 1 fully saturated rings. The van der Waals surface area contributed by atoms with E-state index in [0.29, 0.717) is 6.42 Å². The van der Waals surface area contributed by atoms with Crippen LogP contribution in [0.3, 0.4) is 0 Å². The number of aliphatic hydroxyl groups is 1. The van der Waals surface area contributed by atoms with Crippen LogP contribution in [0.4, 0.5) is 0 Å². The van der Waals surface area contributed by atoms with Crippen LogP contribution in [0.25, 0.3) is 0 Å².